The predicted molar refractivity (Wildman–Crippen MR) is 102 cm³/mol. The van der Waals surface area contributed by atoms with Gasteiger partial charge in [0.15, 0.2) is 6.61 Å². The molecule has 3 aromatic rings. The second-order valence-corrected chi connectivity index (χ2v) is 6.26. The van der Waals surface area contributed by atoms with Gasteiger partial charge in [-0.2, -0.15) is 0 Å². The molecule has 0 spiro atoms. The van der Waals surface area contributed by atoms with Crippen LogP contribution in [0.15, 0.2) is 69.9 Å². The smallest absolute Gasteiger partial charge is 0.345 e. The van der Waals surface area contributed by atoms with Crippen LogP contribution in [0, 0.1) is 0 Å². The highest BCUT2D eigenvalue weighted by atomic mass is 16.6. The van der Waals surface area contributed by atoms with Gasteiger partial charge in [0.05, 0.1) is 0 Å². The van der Waals surface area contributed by atoms with Crippen molar-refractivity contribution in [3.05, 3.63) is 76.6 Å². The topological polar surface area (TPSA) is 86.0 Å². The van der Waals surface area contributed by atoms with E-state index in [2.05, 4.69) is 0 Å². The summed E-state index contributed by atoms with van der Waals surface area (Å²) in [5, 5.41) is 0.732. The molecular weight excluding hydrogens is 362 g/mol. The molecule has 1 atom stereocenters. The summed E-state index contributed by atoms with van der Waals surface area (Å²) in [7, 11) is 3.18. The van der Waals surface area contributed by atoms with Gasteiger partial charge in [-0.25, -0.2) is 9.59 Å². The Balaban J connectivity index is 1.69. The van der Waals surface area contributed by atoms with Crippen molar-refractivity contribution >= 4 is 22.8 Å². The molecule has 0 fully saturated rings. The predicted octanol–water partition coefficient (Wildman–Crippen LogP) is 2.54. The van der Waals surface area contributed by atoms with Gasteiger partial charge in [0.2, 0.25) is 6.10 Å². The zero-order valence-corrected chi connectivity index (χ0v) is 15.5. The first-order valence-electron chi connectivity index (χ1n) is 8.56. The van der Waals surface area contributed by atoms with Crippen LogP contribution in [-0.2, 0) is 14.3 Å². The Labute approximate surface area is 161 Å². The van der Waals surface area contributed by atoms with Crippen molar-refractivity contribution in [1.29, 1.82) is 0 Å². The number of benzene rings is 2. The maximum atomic E-state index is 12.4. The largest absolute Gasteiger partial charge is 0.482 e. The molecule has 0 aliphatic carbocycles. The summed E-state index contributed by atoms with van der Waals surface area (Å²) < 4.78 is 15.9. The van der Waals surface area contributed by atoms with E-state index in [1.165, 1.54) is 17.0 Å². The minimum absolute atomic E-state index is 0.342. The lowest BCUT2D eigenvalue weighted by atomic mass is 10.1. The Morgan fingerprint density at radius 3 is 2.46 bits per heavy atom. The lowest BCUT2D eigenvalue weighted by molar-refractivity contribution is -0.161. The number of esters is 1. The molecule has 144 valence electrons. The molecule has 0 bridgehead atoms. The van der Waals surface area contributed by atoms with Gasteiger partial charge in [-0.05, 0) is 18.2 Å². The summed E-state index contributed by atoms with van der Waals surface area (Å²) in [5.74, 6) is -0.709. The van der Waals surface area contributed by atoms with Crippen molar-refractivity contribution in [3.63, 3.8) is 0 Å². The maximum Gasteiger partial charge on any atom is 0.345 e. The van der Waals surface area contributed by atoms with Crippen LogP contribution >= 0.6 is 0 Å². The molecule has 0 aliphatic heterocycles. The molecule has 7 nitrogen and oxygen atoms in total. The number of hydrogen-bond donors (Lipinski definition) is 0. The zero-order valence-electron chi connectivity index (χ0n) is 15.5. The Hall–Kier alpha value is -3.61. The van der Waals surface area contributed by atoms with Crippen LogP contribution in [0.4, 0.5) is 0 Å². The molecule has 0 saturated heterocycles. The van der Waals surface area contributed by atoms with E-state index in [1.807, 2.05) is 6.07 Å². The van der Waals surface area contributed by atoms with Crippen LogP contribution in [0.3, 0.4) is 0 Å². The molecule has 7 heteroatoms. The average molecular weight is 381 g/mol. The van der Waals surface area contributed by atoms with Crippen molar-refractivity contribution in [2.24, 2.45) is 0 Å². The van der Waals surface area contributed by atoms with Crippen LogP contribution < -0.4 is 10.4 Å². The molecule has 1 heterocycles. The van der Waals surface area contributed by atoms with Gasteiger partial charge in [0.25, 0.3) is 5.91 Å². The van der Waals surface area contributed by atoms with E-state index in [1.54, 1.807) is 56.6 Å². The Kier molecular flexibility index (Phi) is 5.74. The van der Waals surface area contributed by atoms with E-state index in [0.717, 1.165) is 5.39 Å². The van der Waals surface area contributed by atoms with Crippen LogP contribution in [0.1, 0.15) is 11.7 Å². The Morgan fingerprint density at radius 2 is 1.75 bits per heavy atom. The number of fused-ring (bicyclic) bond motifs is 1. The van der Waals surface area contributed by atoms with Crippen molar-refractivity contribution in [3.8, 4) is 5.75 Å². The fourth-order valence-electron chi connectivity index (χ4n) is 2.56. The third-order valence-electron chi connectivity index (χ3n) is 3.97. The SMILES string of the molecule is CN(C)C(=O)C(OC(=O)COc1ccc2ccc(=O)oc2c1)c1ccccc1. The summed E-state index contributed by atoms with van der Waals surface area (Å²) in [6.45, 7) is -0.396. The van der Waals surface area contributed by atoms with Crippen LogP contribution in [0.25, 0.3) is 11.0 Å². The van der Waals surface area contributed by atoms with Gasteiger partial charge in [-0.3, -0.25) is 4.79 Å². The Bertz CT molecular complexity index is 1040. The molecule has 0 aliphatic rings. The summed E-state index contributed by atoms with van der Waals surface area (Å²) in [4.78, 5) is 37.3. The van der Waals surface area contributed by atoms with Crippen molar-refractivity contribution in [2.45, 2.75) is 6.10 Å². The minimum atomic E-state index is -1.05. The van der Waals surface area contributed by atoms with Gasteiger partial charge in [0, 0.05) is 37.2 Å². The standard InChI is InChI=1S/C21H19NO6/c1-22(2)21(25)20(15-6-4-3-5-7-15)28-19(24)13-26-16-10-8-14-9-11-18(23)27-17(14)12-16/h3-12,20H,13H2,1-2H3. The molecule has 2 aromatic carbocycles. The van der Waals surface area contributed by atoms with Crippen molar-refractivity contribution in [1.82, 2.24) is 4.90 Å². The quantitative estimate of drug-likeness (QED) is 0.482. The van der Waals surface area contributed by atoms with Gasteiger partial charge >= 0.3 is 11.6 Å². The fraction of sp³-hybridized carbons (Fsp3) is 0.190. The number of nitrogens with zero attached hydrogens (tertiary/aromatic N) is 1. The highest BCUT2D eigenvalue weighted by Crippen LogP contribution is 2.21. The highest BCUT2D eigenvalue weighted by Gasteiger charge is 2.26. The number of carbonyl (C=O) groups excluding carboxylic acids is 2. The molecule has 0 N–H and O–H groups in total. The highest BCUT2D eigenvalue weighted by molar-refractivity contribution is 5.85. The van der Waals surface area contributed by atoms with E-state index in [-0.39, 0.29) is 5.91 Å². The van der Waals surface area contributed by atoms with E-state index < -0.39 is 24.3 Å². The number of carbonyl (C=O) groups is 2. The normalized spacial score (nSPS) is 11.6. The van der Waals surface area contributed by atoms with E-state index in [0.29, 0.717) is 16.9 Å². The number of ether oxygens (including phenoxy) is 2. The molecule has 1 unspecified atom stereocenters. The first-order valence-corrected chi connectivity index (χ1v) is 8.56. The van der Waals surface area contributed by atoms with Crippen molar-refractivity contribution < 1.29 is 23.5 Å². The second kappa shape index (κ2) is 8.39. The summed E-state index contributed by atoms with van der Waals surface area (Å²) in [6.07, 6.45) is -1.05. The number of likely N-dealkylation sites (N-methyl/N-ethyl adjacent to an activating group) is 1. The summed E-state index contributed by atoms with van der Waals surface area (Å²) in [6, 6.07) is 16.6. The Morgan fingerprint density at radius 1 is 1.04 bits per heavy atom. The molecular formula is C21H19NO6. The van der Waals surface area contributed by atoms with Crippen LogP contribution in [0.2, 0.25) is 0 Å². The number of hydrogen-bond acceptors (Lipinski definition) is 6. The fourth-order valence-corrected chi connectivity index (χ4v) is 2.56. The van der Waals surface area contributed by atoms with Crippen molar-refractivity contribution in [2.75, 3.05) is 20.7 Å². The number of rotatable bonds is 6. The molecule has 28 heavy (non-hydrogen) atoms. The lowest BCUT2D eigenvalue weighted by Crippen LogP contribution is -2.32. The second-order valence-electron chi connectivity index (χ2n) is 6.26. The van der Waals surface area contributed by atoms with Gasteiger partial charge < -0.3 is 18.8 Å². The van der Waals surface area contributed by atoms with Gasteiger partial charge in [-0.1, -0.05) is 30.3 Å². The van der Waals surface area contributed by atoms with E-state index in [9.17, 15) is 14.4 Å². The lowest BCUT2D eigenvalue weighted by Gasteiger charge is -2.21. The number of amides is 1. The van der Waals surface area contributed by atoms with Crippen LogP contribution in [0.5, 0.6) is 5.75 Å². The maximum absolute atomic E-state index is 12.4. The molecule has 1 aromatic heterocycles. The summed E-state index contributed by atoms with van der Waals surface area (Å²) >= 11 is 0. The van der Waals surface area contributed by atoms with Crippen LogP contribution in [-0.4, -0.2) is 37.5 Å². The molecule has 1 amide bonds. The first-order chi connectivity index (χ1) is 13.4. The van der Waals surface area contributed by atoms with Gasteiger partial charge in [0.1, 0.15) is 11.3 Å². The monoisotopic (exact) mass is 381 g/mol. The average Bonchev–Trinajstić information content (AvgIpc) is 2.70. The van der Waals surface area contributed by atoms with Gasteiger partial charge in [-0.15, -0.1) is 0 Å². The first kappa shape index (κ1) is 19.2. The molecule has 0 radical (unpaired) electrons. The van der Waals surface area contributed by atoms with E-state index >= 15 is 0 Å². The molecule has 3 rings (SSSR count). The molecule has 0 saturated carbocycles. The summed E-state index contributed by atoms with van der Waals surface area (Å²) in [5.41, 5.74) is 0.447. The van der Waals surface area contributed by atoms with E-state index in [4.69, 9.17) is 13.9 Å². The third-order valence-corrected chi connectivity index (χ3v) is 3.97. The third kappa shape index (κ3) is 4.56. The minimum Gasteiger partial charge on any atom is -0.482 e. The zero-order chi connectivity index (χ0) is 20.1.